The zero-order valence-electron chi connectivity index (χ0n) is 11.5. The number of urea groups is 1. The number of carboxylic acids is 1. The number of hydrogen-bond acceptors (Lipinski definition) is 2. The van der Waals surface area contributed by atoms with Crippen LogP contribution in [0.1, 0.15) is 33.6 Å². The van der Waals surface area contributed by atoms with E-state index in [9.17, 15) is 9.59 Å². The van der Waals surface area contributed by atoms with Gasteiger partial charge < -0.3 is 15.3 Å². The number of rotatable bonds is 8. The van der Waals surface area contributed by atoms with Crippen LogP contribution in [0.2, 0.25) is 0 Å². The van der Waals surface area contributed by atoms with Crippen molar-refractivity contribution in [1.29, 1.82) is 0 Å². The highest BCUT2D eigenvalue weighted by Crippen LogP contribution is 2.08. The van der Waals surface area contributed by atoms with Crippen molar-refractivity contribution in [1.82, 2.24) is 10.2 Å². The summed E-state index contributed by atoms with van der Waals surface area (Å²) >= 11 is 0. The number of hydrogen-bond donors (Lipinski definition) is 2. The lowest BCUT2D eigenvalue weighted by Gasteiger charge is -2.26. The molecule has 0 aromatic carbocycles. The third-order valence-corrected chi connectivity index (χ3v) is 2.89. The molecular weight excluding hydrogens is 232 g/mol. The lowest BCUT2D eigenvalue weighted by Crippen LogP contribution is -2.50. The second-order valence-corrected chi connectivity index (χ2v) is 4.39. The van der Waals surface area contributed by atoms with Crippen molar-refractivity contribution < 1.29 is 14.7 Å². The summed E-state index contributed by atoms with van der Waals surface area (Å²) in [5.74, 6) is -1.09. The summed E-state index contributed by atoms with van der Waals surface area (Å²) in [6, 6.07) is -1.18. The van der Waals surface area contributed by atoms with Crippen LogP contribution in [-0.4, -0.2) is 41.1 Å². The van der Waals surface area contributed by atoms with Crippen molar-refractivity contribution in [2.75, 3.05) is 13.1 Å². The van der Waals surface area contributed by atoms with Gasteiger partial charge in [0.1, 0.15) is 6.04 Å². The lowest BCUT2D eigenvalue weighted by molar-refractivity contribution is -0.140. The molecule has 5 nitrogen and oxygen atoms in total. The van der Waals surface area contributed by atoms with Gasteiger partial charge in [0.05, 0.1) is 0 Å². The SMILES string of the molecule is C=CCN(CCC)C(=O)N[C@H](C(=O)O)C(C)CC. The lowest BCUT2D eigenvalue weighted by atomic mass is 9.99. The van der Waals surface area contributed by atoms with Gasteiger partial charge in [-0.25, -0.2) is 9.59 Å². The molecule has 104 valence electrons. The summed E-state index contributed by atoms with van der Waals surface area (Å²) in [6.45, 7) is 10.3. The van der Waals surface area contributed by atoms with Gasteiger partial charge in [0.2, 0.25) is 0 Å². The van der Waals surface area contributed by atoms with Crippen LogP contribution in [0.15, 0.2) is 12.7 Å². The first-order valence-corrected chi connectivity index (χ1v) is 6.36. The third kappa shape index (κ3) is 5.21. The van der Waals surface area contributed by atoms with E-state index in [1.165, 1.54) is 0 Å². The van der Waals surface area contributed by atoms with Crippen LogP contribution in [0.5, 0.6) is 0 Å². The first-order chi connectivity index (χ1) is 8.47. The minimum atomic E-state index is -0.993. The minimum absolute atomic E-state index is 0.0985. The van der Waals surface area contributed by atoms with E-state index < -0.39 is 12.0 Å². The number of carboxylic acid groups (broad SMARTS) is 1. The normalized spacial score (nSPS) is 13.5. The monoisotopic (exact) mass is 256 g/mol. The maximum Gasteiger partial charge on any atom is 0.326 e. The van der Waals surface area contributed by atoms with E-state index in [4.69, 9.17) is 5.11 Å². The highest BCUT2D eigenvalue weighted by atomic mass is 16.4. The fourth-order valence-electron chi connectivity index (χ4n) is 1.61. The van der Waals surface area contributed by atoms with Gasteiger partial charge in [-0.3, -0.25) is 0 Å². The van der Waals surface area contributed by atoms with Crippen molar-refractivity contribution >= 4 is 12.0 Å². The summed E-state index contributed by atoms with van der Waals surface area (Å²) in [4.78, 5) is 24.6. The van der Waals surface area contributed by atoms with E-state index in [0.29, 0.717) is 19.5 Å². The van der Waals surface area contributed by atoms with Gasteiger partial charge in [0.25, 0.3) is 0 Å². The van der Waals surface area contributed by atoms with Crippen molar-refractivity contribution in [2.45, 2.75) is 39.7 Å². The zero-order valence-corrected chi connectivity index (χ0v) is 11.5. The molecule has 0 aliphatic carbocycles. The second-order valence-electron chi connectivity index (χ2n) is 4.39. The van der Waals surface area contributed by atoms with E-state index in [-0.39, 0.29) is 11.9 Å². The van der Waals surface area contributed by atoms with Gasteiger partial charge >= 0.3 is 12.0 Å². The Balaban J connectivity index is 4.64. The molecule has 0 fully saturated rings. The van der Waals surface area contributed by atoms with Crippen LogP contribution in [0.25, 0.3) is 0 Å². The van der Waals surface area contributed by atoms with Gasteiger partial charge in [0, 0.05) is 13.1 Å². The number of carbonyl (C=O) groups is 2. The smallest absolute Gasteiger partial charge is 0.326 e. The maximum atomic E-state index is 12.0. The minimum Gasteiger partial charge on any atom is -0.480 e. The second kappa shape index (κ2) is 8.55. The number of aliphatic carboxylic acids is 1. The Morgan fingerprint density at radius 2 is 2.06 bits per heavy atom. The fourth-order valence-corrected chi connectivity index (χ4v) is 1.61. The Labute approximate surface area is 109 Å². The summed E-state index contributed by atoms with van der Waals surface area (Å²) in [5.41, 5.74) is 0. The van der Waals surface area contributed by atoms with Crippen molar-refractivity contribution in [3.05, 3.63) is 12.7 Å². The number of carbonyl (C=O) groups excluding carboxylic acids is 1. The van der Waals surface area contributed by atoms with Gasteiger partial charge in [0.15, 0.2) is 0 Å². The largest absolute Gasteiger partial charge is 0.480 e. The van der Waals surface area contributed by atoms with Crippen LogP contribution in [0.3, 0.4) is 0 Å². The third-order valence-electron chi connectivity index (χ3n) is 2.89. The molecule has 0 aromatic rings. The molecule has 1 unspecified atom stereocenters. The van der Waals surface area contributed by atoms with Gasteiger partial charge in [-0.05, 0) is 12.3 Å². The molecule has 0 rings (SSSR count). The molecule has 0 aliphatic heterocycles. The quantitative estimate of drug-likeness (QED) is 0.653. The standard InChI is InChI=1S/C13H24N2O3/c1-5-8-15(9-6-2)13(18)14-11(12(16)17)10(4)7-3/h5,10-11H,1,6-9H2,2-4H3,(H,14,18)(H,16,17)/t10?,11-/m0/s1. The molecule has 2 N–H and O–H groups in total. The van der Waals surface area contributed by atoms with Gasteiger partial charge in [-0.2, -0.15) is 0 Å². The molecule has 0 spiro atoms. The first kappa shape index (κ1) is 16.5. The highest BCUT2D eigenvalue weighted by Gasteiger charge is 2.26. The predicted molar refractivity (Wildman–Crippen MR) is 71.5 cm³/mol. The molecule has 2 atom stereocenters. The summed E-state index contributed by atoms with van der Waals surface area (Å²) < 4.78 is 0. The molecule has 0 saturated carbocycles. The molecule has 0 heterocycles. The van der Waals surface area contributed by atoms with Crippen LogP contribution < -0.4 is 5.32 Å². The predicted octanol–water partition coefficient (Wildman–Crippen LogP) is 2.09. The van der Waals surface area contributed by atoms with Gasteiger partial charge in [-0.1, -0.05) is 33.3 Å². The molecule has 2 amide bonds. The number of nitrogens with zero attached hydrogens (tertiary/aromatic N) is 1. The van der Waals surface area contributed by atoms with Crippen LogP contribution >= 0.6 is 0 Å². The highest BCUT2D eigenvalue weighted by molar-refractivity contribution is 5.82. The number of amides is 2. The Hall–Kier alpha value is -1.52. The molecule has 0 aliphatic rings. The Morgan fingerprint density at radius 3 is 2.44 bits per heavy atom. The Kier molecular flexibility index (Phi) is 7.83. The van der Waals surface area contributed by atoms with Crippen molar-refractivity contribution in [3.8, 4) is 0 Å². The fraction of sp³-hybridized carbons (Fsp3) is 0.692. The molecular formula is C13H24N2O3. The molecule has 18 heavy (non-hydrogen) atoms. The molecule has 0 saturated heterocycles. The van der Waals surface area contributed by atoms with Crippen LogP contribution in [0, 0.1) is 5.92 Å². The van der Waals surface area contributed by atoms with Crippen LogP contribution in [0.4, 0.5) is 4.79 Å². The summed E-state index contributed by atoms with van der Waals surface area (Å²) in [7, 11) is 0. The molecule has 5 heteroatoms. The Morgan fingerprint density at radius 1 is 1.44 bits per heavy atom. The van der Waals surface area contributed by atoms with E-state index in [2.05, 4.69) is 11.9 Å². The number of nitrogens with one attached hydrogen (secondary N) is 1. The van der Waals surface area contributed by atoms with Crippen molar-refractivity contribution in [3.63, 3.8) is 0 Å². The van der Waals surface area contributed by atoms with Crippen molar-refractivity contribution in [2.24, 2.45) is 5.92 Å². The average molecular weight is 256 g/mol. The maximum absolute atomic E-state index is 12.0. The molecule has 0 radical (unpaired) electrons. The topological polar surface area (TPSA) is 69.6 Å². The molecule has 0 aromatic heterocycles. The summed E-state index contributed by atoms with van der Waals surface area (Å²) in [6.07, 6.45) is 3.16. The van der Waals surface area contributed by atoms with E-state index in [1.807, 2.05) is 20.8 Å². The average Bonchev–Trinajstić information content (AvgIpc) is 2.34. The Bertz CT molecular complexity index is 292. The zero-order chi connectivity index (χ0) is 14.1. The molecule has 0 bridgehead atoms. The van der Waals surface area contributed by atoms with Crippen LogP contribution in [-0.2, 0) is 4.79 Å². The van der Waals surface area contributed by atoms with E-state index in [1.54, 1.807) is 11.0 Å². The first-order valence-electron chi connectivity index (χ1n) is 6.36. The van der Waals surface area contributed by atoms with E-state index in [0.717, 1.165) is 6.42 Å². The summed E-state index contributed by atoms with van der Waals surface area (Å²) in [5, 5.41) is 11.7. The van der Waals surface area contributed by atoms with E-state index >= 15 is 0 Å². The van der Waals surface area contributed by atoms with Gasteiger partial charge in [-0.15, -0.1) is 6.58 Å².